The fraction of sp³-hybridized carbons (Fsp3) is 0.364. The van der Waals surface area contributed by atoms with Crippen molar-refractivity contribution in [3.63, 3.8) is 0 Å². The summed E-state index contributed by atoms with van der Waals surface area (Å²) in [5, 5.41) is 0. The van der Waals surface area contributed by atoms with Crippen molar-refractivity contribution in [3.8, 4) is 0 Å². The van der Waals surface area contributed by atoms with Crippen molar-refractivity contribution in [1.82, 2.24) is 0 Å². The van der Waals surface area contributed by atoms with E-state index in [0.29, 0.717) is 12.0 Å². The van der Waals surface area contributed by atoms with Gasteiger partial charge in [-0.15, -0.1) is 0 Å². The van der Waals surface area contributed by atoms with Crippen molar-refractivity contribution in [2.45, 2.75) is 24.9 Å². The summed E-state index contributed by atoms with van der Waals surface area (Å²) in [6.07, 6.45) is 1.56. The number of alkyl halides is 1. The maximum absolute atomic E-state index is 13.1. The van der Waals surface area contributed by atoms with Crippen LogP contribution in [0.5, 0.6) is 0 Å². The fourth-order valence-electron chi connectivity index (χ4n) is 1.77. The Bertz CT molecular complexity index is 322. The van der Waals surface area contributed by atoms with Crippen LogP contribution < -0.4 is 0 Å². The third kappa shape index (κ3) is 1.37. The second kappa shape index (κ2) is 3.29. The largest absolute Gasteiger partial charge is 0.298 e. The normalized spacial score (nSPS) is 26.5. The number of rotatable bonds is 2. The van der Waals surface area contributed by atoms with Gasteiger partial charge >= 0.3 is 0 Å². The number of hydrogen-bond acceptors (Lipinski definition) is 1. The molecule has 0 aliphatic heterocycles. The molecule has 0 saturated heterocycles. The molecule has 0 aromatic heterocycles. The predicted octanol–water partition coefficient (Wildman–Crippen LogP) is 2.71. The van der Waals surface area contributed by atoms with Crippen LogP contribution in [0.1, 0.15) is 34.7 Å². The van der Waals surface area contributed by atoms with Crippen LogP contribution in [0.3, 0.4) is 0 Å². The van der Waals surface area contributed by atoms with Gasteiger partial charge in [0.2, 0.25) is 0 Å². The van der Waals surface area contributed by atoms with Crippen LogP contribution in [-0.4, -0.2) is 12.5 Å². The lowest BCUT2D eigenvalue weighted by atomic mass is 9.76. The van der Waals surface area contributed by atoms with Gasteiger partial charge in [-0.1, -0.05) is 24.3 Å². The monoisotopic (exact) mass is 178 g/mol. The average molecular weight is 178 g/mol. The van der Waals surface area contributed by atoms with E-state index in [1.165, 1.54) is 0 Å². The van der Waals surface area contributed by atoms with Crippen LogP contribution in [0.15, 0.2) is 24.3 Å². The molecule has 1 saturated carbocycles. The standard InChI is InChI=1S/C11H11FO/c12-11-6-5-10(11)9-4-2-1-3-8(9)7-13/h1-4,7,10-11H,5-6H2. The predicted molar refractivity (Wildman–Crippen MR) is 48.7 cm³/mol. The van der Waals surface area contributed by atoms with Crippen molar-refractivity contribution in [3.05, 3.63) is 35.4 Å². The van der Waals surface area contributed by atoms with Crippen LogP contribution in [0, 0.1) is 0 Å². The Hall–Kier alpha value is -1.18. The molecule has 2 rings (SSSR count). The van der Waals surface area contributed by atoms with Crippen LogP contribution in [0.25, 0.3) is 0 Å². The number of hydrogen-bond donors (Lipinski definition) is 0. The smallest absolute Gasteiger partial charge is 0.150 e. The van der Waals surface area contributed by atoms with E-state index in [9.17, 15) is 9.18 Å². The van der Waals surface area contributed by atoms with Gasteiger partial charge in [0.1, 0.15) is 12.5 Å². The summed E-state index contributed by atoms with van der Waals surface area (Å²) >= 11 is 0. The van der Waals surface area contributed by atoms with Gasteiger partial charge in [-0.3, -0.25) is 4.79 Å². The van der Waals surface area contributed by atoms with Gasteiger partial charge in [0, 0.05) is 11.5 Å². The molecule has 2 heteroatoms. The highest BCUT2D eigenvalue weighted by atomic mass is 19.1. The first-order valence-corrected chi connectivity index (χ1v) is 4.51. The number of aldehydes is 1. The van der Waals surface area contributed by atoms with Crippen molar-refractivity contribution >= 4 is 6.29 Å². The third-order valence-corrected chi connectivity index (χ3v) is 2.71. The quantitative estimate of drug-likeness (QED) is 0.636. The van der Waals surface area contributed by atoms with E-state index in [1.807, 2.05) is 12.1 Å². The van der Waals surface area contributed by atoms with E-state index in [0.717, 1.165) is 18.3 Å². The molecule has 0 amide bonds. The van der Waals surface area contributed by atoms with Crippen molar-refractivity contribution in [2.24, 2.45) is 0 Å². The maximum Gasteiger partial charge on any atom is 0.150 e. The van der Waals surface area contributed by atoms with Gasteiger partial charge in [0.15, 0.2) is 0 Å². The van der Waals surface area contributed by atoms with Gasteiger partial charge in [-0.25, -0.2) is 4.39 Å². The second-order valence-electron chi connectivity index (χ2n) is 3.45. The molecule has 1 aromatic rings. The van der Waals surface area contributed by atoms with Gasteiger partial charge < -0.3 is 0 Å². The minimum Gasteiger partial charge on any atom is -0.298 e. The third-order valence-electron chi connectivity index (χ3n) is 2.71. The molecule has 1 aliphatic rings. The number of carbonyl (C=O) groups is 1. The molecule has 1 fully saturated rings. The first kappa shape index (κ1) is 8.42. The topological polar surface area (TPSA) is 17.1 Å². The van der Waals surface area contributed by atoms with Gasteiger partial charge in [0.05, 0.1) is 0 Å². The molecule has 1 nitrogen and oxygen atoms in total. The molecule has 2 atom stereocenters. The lowest BCUT2D eigenvalue weighted by molar-refractivity contribution is 0.111. The van der Waals surface area contributed by atoms with Crippen LogP contribution in [0.4, 0.5) is 4.39 Å². The molecule has 0 bridgehead atoms. The lowest BCUT2D eigenvalue weighted by Crippen LogP contribution is -2.25. The summed E-state index contributed by atoms with van der Waals surface area (Å²) in [6, 6.07) is 7.25. The molecule has 68 valence electrons. The lowest BCUT2D eigenvalue weighted by Gasteiger charge is -2.31. The number of benzene rings is 1. The van der Waals surface area contributed by atoms with Crippen molar-refractivity contribution in [1.29, 1.82) is 0 Å². The van der Waals surface area contributed by atoms with E-state index >= 15 is 0 Å². The van der Waals surface area contributed by atoms with Crippen LogP contribution >= 0.6 is 0 Å². The van der Waals surface area contributed by atoms with E-state index in [-0.39, 0.29) is 5.92 Å². The molecule has 0 spiro atoms. The SMILES string of the molecule is O=Cc1ccccc1C1CCC1F. The fourth-order valence-corrected chi connectivity index (χ4v) is 1.77. The highest BCUT2D eigenvalue weighted by Gasteiger charge is 2.33. The van der Waals surface area contributed by atoms with Gasteiger partial charge in [-0.05, 0) is 18.4 Å². The molecule has 2 unspecified atom stereocenters. The molecule has 1 aromatic carbocycles. The van der Waals surface area contributed by atoms with Gasteiger partial charge in [-0.2, -0.15) is 0 Å². The highest BCUT2D eigenvalue weighted by molar-refractivity contribution is 5.77. The summed E-state index contributed by atoms with van der Waals surface area (Å²) in [7, 11) is 0. The van der Waals surface area contributed by atoms with E-state index in [1.54, 1.807) is 12.1 Å². The Morgan fingerprint density at radius 2 is 2.08 bits per heavy atom. The first-order valence-electron chi connectivity index (χ1n) is 4.51. The molecule has 1 aliphatic carbocycles. The van der Waals surface area contributed by atoms with E-state index in [4.69, 9.17) is 0 Å². The number of halogens is 1. The maximum atomic E-state index is 13.1. The highest BCUT2D eigenvalue weighted by Crippen LogP contribution is 2.40. The van der Waals surface area contributed by atoms with Gasteiger partial charge in [0.25, 0.3) is 0 Å². The van der Waals surface area contributed by atoms with E-state index in [2.05, 4.69) is 0 Å². The Kier molecular flexibility index (Phi) is 2.13. The van der Waals surface area contributed by atoms with E-state index < -0.39 is 6.17 Å². The van der Waals surface area contributed by atoms with Crippen LogP contribution in [-0.2, 0) is 0 Å². The summed E-state index contributed by atoms with van der Waals surface area (Å²) in [5.41, 5.74) is 1.51. The Morgan fingerprint density at radius 1 is 1.31 bits per heavy atom. The molecular weight excluding hydrogens is 167 g/mol. The second-order valence-corrected chi connectivity index (χ2v) is 3.45. The summed E-state index contributed by atoms with van der Waals surface area (Å²) in [6.45, 7) is 0. The minimum atomic E-state index is -0.749. The Balaban J connectivity index is 2.33. The minimum absolute atomic E-state index is 0.0404. The Labute approximate surface area is 76.6 Å². The molecular formula is C11H11FO. The summed E-state index contributed by atoms with van der Waals surface area (Å²) in [4.78, 5) is 10.7. The summed E-state index contributed by atoms with van der Waals surface area (Å²) in [5.74, 6) is -0.0404. The zero-order valence-electron chi connectivity index (χ0n) is 7.24. The molecule has 0 radical (unpaired) electrons. The van der Waals surface area contributed by atoms with Crippen molar-refractivity contribution in [2.75, 3.05) is 0 Å². The Morgan fingerprint density at radius 3 is 2.62 bits per heavy atom. The number of carbonyl (C=O) groups excluding carboxylic acids is 1. The zero-order chi connectivity index (χ0) is 9.26. The first-order chi connectivity index (χ1) is 6.33. The molecule has 0 heterocycles. The summed E-state index contributed by atoms with van der Waals surface area (Å²) < 4.78 is 13.1. The molecule has 0 N–H and O–H groups in total. The zero-order valence-corrected chi connectivity index (χ0v) is 7.24. The molecule has 13 heavy (non-hydrogen) atoms. The van der Waals surface area contributed by atoms with Crippen molar-refractivity contribution < 1.29 is 9.18 Å². The van der Waals surface area contributed by atoms with Crippen LogP contribution in [0.2, 0.25) is 0 Å². The average Bonchev–Trinajstić information content (AvgIpc) is 2.16.